The van der Waals surface area contributed by atoms with Gasteiger partial charge in [0.25, 0.3) is 0 Å². The average Bonchev–Trinajstić information content (AvgIpc) is 3.34. The zero-order chi connectivity index (χ0) is 23.6. The van der Waals surface area contributed by atoms with Crippen molar-refractivity contribution in [3.8, 4) is 0 Å². The number of hydrogen-bond donors (Lipinski definition) is 4. The van der Waals surface area contributed by atoms with E-state index in [-0.39, 0.29) is 17.6 Å². The van der Waals surface area contributed by atoms with Crippen LogP contribution in [0.1, 0.15) is 64.4 Å². The third-order valence-electron chi connectivity index (χ3n) is 6.49. The van der Waals surface area contributed by atoms with Crippen molar-refractivity contribution in [2.24, 2.45) is 5.16 Å². The molecular formula is C22H30N6O5. The van der Waals surface area contributed by atoms with Crippen LogP contribution in [0.25, 0.3) is 11.0 Å². The number of anilines is 1. The lowest BCUT2D eigenvalue weighted by Gasteiger charge is -2.42. The van der Waals surface area contributed by atoms with Gasteiger partial charge in [-0.25, -0.2) is 14.5 Å². The number of carboxylic acid groups (broad SMARTS) is 2. The van der Waals surface area contributed by atoms with Gasteiger partial charge in [0.15, 0.2) is 5.65 Å². The Bertz CT molecular complexity index is 1070. The SMILES string of the molecule is CCC(=O)NC1CC2(CC(c3cnc4c(cnn4CC)c3NC3CCC3)=NO2)C1.O=C(O)O. The van der Waals surface area contributed by atoms with Gasteiger partial charge < -0.3 is 25.7 Å². The topological polar surface area (TPSA) is 151 Å². The molecule has 2 aromatic rings. The smallest absolute Gasteiger partial charge is 0.450 e. The van der Waals surface area contributed by atoms with Crippen LogP contribution in [0.4, 0.5) is 10.5 Å². The molecule has 2 fully saturated rings. The maximum absolute atomic E-state index is 11.6. The highest BCUT2D eigenvalue weighted by Gasteiger charge is 2.51. The minimum absolute atomic E-state index is 0.0959. The first-order valence-electron chi connectivity index (χ1n) is 11.4. The van der Waals surface area contributed by atoms with Crippen molar-refractivity contribution in [3.63, 3.8) is 0 Å². The summed E-state index contributed by atoms with van der Waals surface area (Å²) in [4.78, 5) is 30.8. The first-order valence-corrected chi connectivity index (χ1v) is 11.4. The Morgan fingerprint density at radius 3 is 2.55 bits per heavy atom. The van der Waals surface area contributed by atoms with Crippen LogP contribution in [0.15, 0.2) is 17.5 Å². The number of pyridine rings is 1. The Morgan fingerprint density at radius 1 is 1.21 bits per heavy atom. The minimum atomic E-state index is -1.83. The van der Waals surface area contributed by atoms with Gasteiger partial charge in [0.05, 0.1) is 23.0 Å². The fraction of sp³-hybridized carbons (Fsp3) is 0.591. The lowest BCUT2D eigenvalue weighted by molar-refractivity contribution is -0.128. The van der Waals surface area contributed by atoms with Crippen LogP contribution >= 0.6 is 0 Å². The number of amides is 1. The van der Waals surface area contributed by atoms with Crippen molar-refractivity contribution in [2.45, 2.75) is 83.0 Å². The number of aryl methyl sites for hydroxylation is 1. The van der Waals surface area contributed by atoms with Crippen LogP contribution in [0.3, 0.4) is 0 Å². The van der Waals surface area contributed by atoms with Crippen molar-refractivity contribution >= 4 is 34.5 Å². The number of oxime groups is 1. The number of aromatic nitrogens is 3. The largest absolute Gasteiger partial charge is 0.503 e. The molecule has 2 aromatic heterocycles. The second kappa shape index (κ2) is 9.24. The summed E-state index contributed by atoms with van der Waals surface area (Å²) in [6, 6.07) is 0.687. The van der Waals surface area contributed by atoms with Crippen LogP contribution in [0, 0.1) is 0 Å². The Morgan fingerprint density at radius 2 is 1.94 bits per heavy atom. The standard InChI is InChI=1S/C21H28N6O2.CH2O3/c1-3-18(28)24-14-8-21(9-14)10-17(26-29-21)15-11-22-20-16(12-23-27(20)4-2)19(15)25-13-6-5-7-13;2-1(3)4/h11-14H,3-10H2,1-2H3,(H,22,25)(H,24,28);(H2,2,3,4). The summed E-state index contributed by atoms with van der Waals surface area (Å²) in [5, 5.41) is 30.7. The van der Waals surface area contributed by atoms with E-state index in [1.807, 2.05) is 24.0 Å². The number of nitrogens with zero attached hydrogens (tertiary/aromatic N) is 4. The van der Waals surface area contributed by atoms with Crippen molar-refractivity contribution < 1.29 is 24.6 Å². The Hall–Kier alpha value is -3.37. The molecule has 3 heterocycles. The fourth-order valence-corrected chi connectivity index (χ4v) is 4.54. The van der Waals surface area contributed by atoms with Crippen molar-refractivity contribution in [1.29, 1.82) is 0 Å². The Balaban J connectivity index is 0.000000601. The van der Waals surface area contributed by atoms with Crippen molar-refractivity contribution in [1.82, 2.24) is 20.1 Å². The lowest BCUT2D eigenvalue weighted by Crippen LogP contribution is -2.55. The second-order valence-corrected chi connectivity index (χ2v) is 8.81. The molecule has 0 aromatic carbocycles. The fourth-order valence-electron chi connectivity index (χ4n) is 4.54. The molecule has 0 unspecified atom stereocenters. The summed E-state index contributed by atoms with van der Waals surface area (Å²) in [6.07, 6.45) is 8.51. The quantitative estimate of drug-likeness (QED) is 0.515. The first-order chi connectivity index (χ1) is 15.8. The van der Waals surface area contributed by atoms with Gasteiger partial charge in [0.1, 0.15) is 5.60 Å². The van der Waals surface area contributed by atoms with Crippen LogP contribution in [0.2, 0.25) is 0 Å². The predicted molar refractivity (Wildman–Crippen MR) is 122 cm³/mol. The molecule has 4 N–H and O–H groups in total. The molecular weight excluding hydrogens is 428 g/mol. The van der Waals surface area contributed by atoms with Gasteiger partial charge in [0.2, 0.25) is 5.91 Å². The maximum Gasteiger partial charge on any atom is 0.503 e. The van der Waals surface area contributed by atoms with E-state index >= 15 is 0 Å². The number of nitrogens with one attached hydrogen (secondary N) is 2. The molecule has 1 spiro atoms. The van der Waals surface area contributed by atoms with Gasteiger partial charge in [0, 0.05) is 56.1 Å². The third-order valence-corrected chi connectivity index (χ3v) is 6.49. The first kappa shape index (κ1) is 22.8. The summed E-state index contributed by atoms with van der Waals surface area (Å²) < 4.78 is 1.92. The molecule has 3 aliphatic rings. The Kier molecular flexibility index (Phi) is 6.39. The summed E-state index contributed by atoms with van der Waals surface area (Å²) >= 11 is 0. The minimum Gasteiger partial charge on any atom is -0.450 e. The molecule has 0 atom stereocenters. The molecule has 11 nitrogen and oxygen atoms in total. The summed E-state index contributed by atoms with van der Waals surface area (Å²) in [7, 11) is 0. The highest BCUT2D eigenvalue weighted by Crippen LogP contribution is 2.45. The molecule has 2 saturated carbocycles. The van der Waals surface area contributed by atoms with E-state index < -0.39 is 6.16 Å². The zero-order valence-electron chi connectivity index (χ0n) is 18.9. The highest BCUT2D eigenvalue weighted by atomic mass is 16.7. The van der Waals surface area contributed by atoms with E-state index in [1.54, 1.807) is 0 Å². The predicted octanol–water partition coefficient (Wildman–Crippen LogP) is 3.19. The average molecular weight is 459 g/mol. The van der Waals surface area contributed by atoms with Gasteiger partial charge in [-0.2, -0.15) is 5.10 Å². The van der Waals surface area contributed by atoms with E-state index in [4.69, 9.17) is 24.8 Å². The molecule has 33 heavy (non-hydrogen) atoms. The third kappa shape index (κ3) is 4.71. The molecule has 0 radical (unpaired) electrons. The number of fused-ring (bicyclic) bond motifs is 1. The number of carbonyl (C=O) groups excluding carboxylic acids is 1. The number of carbonyl (C=O) groups is 2. The molecule has 0 bridgehead atoms. The van der Waals surface area contributed by atoms with Crippen LogP contribution in [0.5, 0.6) is 0 Å². The van der Waals surface area contributed by atoms with Crippen LogP contribution < -0.4 is 10.6 Å². The number of hydrogen-bond acceptors (Lipinski definition) is 7. The van der Waals surface area contributed by atoms with E-state index in [9.17, 15) is 4.79 Å². The van der Waals surface area contributed by atoms with E-state index in [2.05, 4.69) is 27.8 Å². The monoisotopic (exact) mass is 458 g/mol. The van der Waals surface area contributed by atoms with Gasteiger partial charge in [-0.1, -0.05) is 12.1 Å². The molecule has 1 amide bonds. The van der Waals surface area contributed by atoms with Gasteiger partial charge >= 0.3 is 6.16 Å². The van der Waals surface area contributed by atoms with Gasteiger partial charge in [-0.3, -0.25) is 4.79 Å². The van der Waals surface area contributed by atoms with Crippen LogP contribution in [-0.4, -0.2) is 60.4 Å². The molecule has 178 valence electrons. The maximum atomic E-state index is 11.6. The van der Waals surface area contributed by atoms with E-state index in [1.165, 1.54) is 19.3 Å². The van der Waals surface area contributed by atoms with E-state index in [0.717, 1.165) is 53.8 Å². The van der Waals surface area contributed by atoms with E-state index in [0.29, 0.717) is 12.5 Å². The molecule has 0 saturated heterocycles. The van der Waals surface area contributed by atoms with Gasteiger partial charge in [-0.15, -0.1) is 0 Å². The second-order valence-electron chi connectivity index (χ2n) is 8.81. The zero-order valence-corrected chi connectivity index (χ0v) is 18.9. The molecule has 1 aliphatic heterocycles. The summed E-state index contributed by atoms with van der Waals surface area (Å²) in [5.41, 5.74) is 3.65. The van der Waals surface area contributed by atoms with Gasteiger partial charge in [-0.05, 0) is 26.2 Å². The summed E-state index contributed by atoms with van der Waals surface area (Å²) in [6.45, 7) is 4.73. The molecule has 2 aliphatic carbocycles. The highest BCUT2D eigenvalue weighted by molar-refractivity contribution is 6.10. The van der Waals surface area contributed by atoms with Crippen molar-refractivity contribution in [3.05, 3.63) is 18.0 Å². The lowest BCUT2D eigenvalue weighted by atomic mass is 9.72. The summed E-state index contributed by atoms with van der Waals surface area (Å²) in [5.74, 6) is 0.0959. The molecule has 5 rings (SSSR count). The van der Waals surface area contributed by atoms with Crippen molar-refractivity contribution in [2.75, 3.05) is 5.32 Å². The normalized spacial score (nSPS) is 23.6. The Labute approximate surface area is 191 Å². The van der Waals surface area contributed by atoms with Crippen LogP contribution in [-0.2, 0) is 16.2 Å². The molecule has 11 heteroatoms. The number of rotatable bonds is 6.